The molecular weight excluding hydrogens is 379 g/mol. The third-order valence-electron chi connectivity index (χ3n) is 5.26. The Bertz CT molecular complexity index is 257. The molecule has 0 aliphatic carbocycles. The van der Waals surface area contributed by atoms with Gasteiger partial charge in [0.1, 0.15) is 0 Å². The summed E-state index contributed by atoms with van der Waals surface area (Å²) in [5.74, 6) is 0. The zero-order chi connectivity index (χ0) is 17.1. The van der Waals surface area contributed by atoms with Gasteiger partial charge in [0.2, 0.25) is 0 Å². The molecule has 0 fully saturated rings. The van der Waals surface area contributed by atoms with Gasteiger partial charge in [-0.25, -0.2) is 7.11 Å². The van der Waals surface area contributed by atoms with Crippen molar-refractivity contribution in [1.82, 2.24) is 0 Å². The minimum absolute atomic E-state index is 0. The van der Waals surface area contributed by atoms with Crippen molar-refractivity contribution in [2.75, 3.05) is 0 Å². The summed E-state index contributed by atoms with van der Waals surface area (Å²) in [4.78, 5) is 0. The molecule has 0 spiro atoms. The molecule has 0 aliphatic heterocycles. The van der Waals surface area contributed by atoms with Gasteiger partial charge in [-0.05, 0) is 0 Å². The zero-order valence-electron chi connectivity index (χ0n) is 19.0. The normalized spacial score (nSPS) is 13.0. The summed E-state index contributed by atoms with van der Waals surface area (Å²) >= 11 is 0. The van der Waals surface area contributed by atoms with E-state index in [1.165, 1.54) is 0 Å². The van der Waals surface area contributed by atoms with Gasteiger partial charge in [0.05, 0.1) is 0 Å². The molecule has 23 heavy (non-hydrogen) atoms. The maximum absolute atomic E-state index is 2.59. The topological polar surface area (TPSA) is 0 Å². The van der Waals surface area contributed by atoms with Crippen LogP contribution in [0, 0.1) is 0 Å². The van der Waals surface area contributed by atoms with Crippen LogP contribution in [0.25, 0.3) is 0 Å². The van der Waals surface area contributed by atoms with E-state index in [4.69, 9.17) is 0 Å². The Morgan fingerprint density at radius 1 is 0.435 bits per heavy atom. The van der Waals surface area contributed by atoms with Crippen LogP contribution in [0.5, 0.6) is 0 Å². The van der Waals surface area contributed by atoms with Gasteiger partial charge in [-0.15, -0.1) is 11.1 Å². The summed E-state index contributed by atoms with van der Waals surface area (Å²) in [7, 11) is -1.82. The van der Waals surface area contributed by atoms with Crippen molar-refractivity contribution < 1.29 is 103 Å². The van der Waals surface area contributed by atoms with Crippen LogP contribution in [0.1, 0.15) is 83.1 Å². The predicted octanol–water partition coefficient (Wildman–Crippen LogP) is 1.05. The largest absolute Gasteiger partial charge is 1.00 e. The molecule has 0 saturated heterocycles. The fourth-order valence-electron chi connectivity index (χ4n) is 5.41. The first-order chi connectivity index (χ1) is 9.42. The molecule has 0 rings (SSSR count). The molecular formula is C18H42K2Si3. The van der Waals surface area contributed by atoms with Crippen molar-refractivity contribution >= 4 is 23.7 Å². The smallest absolute Gasteiger partial charge is 0.282 e. The van der Waals surface area contributed by atoms with Crippen LogP contribution in [0.2, 0.25) is 33.2 Å². The van der Waals surface area contributed by atoms with E-state index in [1.54, 1.807) is 0 Å². The van der Waals surface area contributed by atoms with Gasteiger partial charge in [0, 0.05) is 0 Å². The Hall–Kier alpha value is 3.92. The second kappa shape index (κ2) is 14.0. The molecule has 0 saturated carbocycles. The molecule has 128 valence electrons. The van der Waals surface area contributed by atoms with Crippen molar-refractivity contribution in [1.29, 1.82) is 0 Å². The summed E-state index contributed by atoms with van der Waals surface area (Å²) < 4.78 is 0. The van der Waals surface area contributed by atoms with Crippen LogP contribution >= 0.6 is 0 Å². The average molecular weight is 421 g/mol. The maximum Gasteiger partial charge on any atom is 1.00 e. The third kappa shape index (κ3) is 7.69. The summed E-state index contributed by atoms with van der Waals surface area (Å²) in [6.07, 6.45) is 0. The van der Waals surface area contributed by atoms with Gasteiger partial charge in [0.15, 0.2) is 0 Å². The Kier molecular flexibility index (Phi) is 19.2. The van der Waals surface area contributed by atoms with Crippen molar-refractivity contribution in [2.45, 2.75) is 116 Å². The molecule has 0 unspecified atom stereocenters. The SMILES string of the molecule is CC(C)[Si-](C(C)C)[Si](C(C)C)(C(C)C)[Si-](C(C)C)C(C)C.[K+].[K+]. The first kappa shape index (κ1) is 31.6. The van der Waals surface area contributed by atoms with Crippen LogP contribution < -0.4 is 103 Å². The minimum atomic E-state index is -1.26. The molecule has 0 heterocycles. The summed E-state index contributed by atoms with van der Waals surface area (Å²) in [5, 5.41) is 0. The molecule has 0 N–H and O–H groups in total. The van der Waals surface area contributed by atoms with Gasteiger partial charge < -0.3 is 0 Å². The van der Waals surface area contributed by atoms with Crippen molar-refractivity contribution in [3.05, 3.63) is 0 Å². The third-order valence-corrected chi connectivity index (χ3v) is 40.6. The fourth-order valence-corrected chi connectivity index (χ4v) is 50.1. The molecule has 0 aromatic rings. The Morgan fingerprint density at radius 3 is 0.696 bits per heavy atom. The number of hydrogen-bond acceptors (Lipinski definition) is 0. The minimum Gasteiger partial charge on any atom is -0.282 e. The fraction of sp³-hybridized carbons (Fsp3) is 1.00. The van der Waals surface area contributed by atoms with Crippen molar-refractivity contribution in [2.24, 2.45) is 0 Å². The van der Waals surface area contributed by atoms with E-state index >= 15 is 0 Å². The van der Waals surface area contributed by atoms with Crippen LogP contribution in [-0.2, 0) is 0 Å². The molecule has 0 radical (unpaired) electrons. The van der Waals surface area contributed by atoms with E-state index in [0.29, 0.717) is 0 Å². The average Bonchev–Trinajstić information content (AvgIpc) is 2.24. The summed E-state index contributed by atoms with van der Waals surface area (Å²) in [6, 6.07) is 0. The molecule has 0 bridgehead atoms. The standard InChI is InChI=1S/C18H42Si3.2K/c1-13(2)19(14(3)4)21(17(9)10,18(11)12)20(15(5)6)16(7)8;;/h13-18H,1-12H3;;/q-2;2*+1. The first-order valence-electron chi connectivity index (χ1n) is 9.16. The predicted molar refractivity (Wildman–Crippen MR) is 108 cm³/mol. The van der Waals surface area contributed by atoms with E-state index in [0.717, 1.165) is 33.2 Å². The number of rotatable bonds is 8. The van der Waals surface area contributed by atoms with E-state index < -0.39 is 7.11 Å². The molecule has 0 nitrogen and oxygen atoms in total. The van der Waals surface area contributed by atoms with Crippen LogP contribution in [-0.4, -0.2) is 23.7 Å². The van der Waals surface area contributed by atoms with E-state index in [2.05, 4.69) is 83.1 Å². The summed E-state index contributed by atoms with van der Waals surface area (Å²) in [5.41, 5.74) is 5.64. The van der Waals surface area contributed by atoms with Gasteiger partial charge in [0.25, 0.3) is 0 Å². The van der Waals surface area contributed by atoms with Crippen molar-refractivity contribution in [3.8, 4) is 0 Å². The molecule has 5 heteroatoms. The zero-order valence-corrected chi connectivity index (χ0v) is 28.2. The number of hydrogen-bond donors (Lipinski definition) is 0. The summed E-state index contributed by atoms with van der Waals surface area (Å²) in [6.45, 7) is 30.7. The first-order valence-corrected chi connectivity index (χ1v) is 16.6. The van der Waals surface area contributed by atoms with Gasteiger partial charge in [-0.3, -0.25) is 16.6 Å². The molecule has 0 aromatic heterocycles. The van der Waals surface area contributed by atoms with E-state index in [-0.39, 0.29) is 119 Å². The second-order valence-corrected chi connectivity index (χ2v) is 29.1. The van der Waals surface area contributed by atoms with Gasteiger partial charge in [-0.2, -0.15) is 22.2 Å². The Balaban J connectivity index is -0.00000200. The van der Waals surface area contributed by atoms with Crippen LogP contribution in [0.3, 0.4) is 0 Å². The van der Waals surface area contributed by atoms with Crippen LogP contribution in [0.15, 0.2) is 0 Å². The van der Waals surface area contributed by atoms with Gasteiger partial charge >= 0.3 is 103 Å². The maximum atomic E-state index is 2.59. The van der Waals surface area contributed by atoms with Crippen LogP contribution in [0.4, 0.5) is 0 Å². The molecule has 0 atom stereocenters. The molecule has 0 amide bonds. The molecule has 0 aliphatic rings. The van der Waals surface area contributed by atoms with Gasteiger partial charge in [-0.1, -0.05) is 83.1 Å². The molecule has 0 aromatic carbocycles. The second-order valence-electron chi connectivity index (χ2n) is 8.71. The quantitative estimate of drug-likeness (QED) is 0.515. The Morgan fingerprint density at radius 2 is 0.609 bits per heavy atom. The Labute approximate surface area is 238 Å². The van der Waals surface area contributed by atoms with E-state index in [9.17, 15) is 0 Å². The van der Waals surface area contributed by atoms with Crippen molar-refractivity contribution in [3.63, 3.8) is 0 Å². The monoisotopic (exact) mass is 420 g/mol. The van der Waals surface area contributed by atoms with E-state index in [1.807, 2.05) is 0 Å².